The predicted molar refractivity (Wildman–Crippen MR) is 55.7 cm³/mol. The lowest BCUT2D eigenvalue weighted by molar-refractivity contribution is -0.107. The van der Waals surface area contributed by atoms with Gasteiger partial charge in [0.05, 0.1) is 4.88 Å². The van der Waals surface area contributed by atoms with Gasteiger partial charge in [-0.2, -0.15) is 0 Å². The van der Waals surface area contributed by atoms with Crippen LogP contribution in [0.5, 0.6) is 0 Å². The zero-order valence-electron chi connectivity index (χ0n) is 7.40. The van der Waals surface area contributed by atoms with Crippen LogP contribution < -0.4 is 11.3 Å². The van der Waals surface area contributed by atoms with Crippen LogP contribution in [-0.2, 0) is 4.79 Å². The van der Waals surface area contributed by atoms with E-state index in [4.69, 9.17) is 5.84 Å². The van der Waals surface area contributed by atoms with E-state index >= 15 is 0 Å². The first-order valence-corrected chi connectivity index (χ1v) is 4.80. The maximum atomic E-state index is 11.1. The van der Waals surface area contributed by atoms with Gasteiger partial charge in [-0.1, -0.05) is 6.08 Å². The zero-order valence-corrected chi connectivity index (χ0v) is 8.21. The van der Waals surface area contributed by atoms with Crippen LogP contribution in [0.1, 0.15) is 21.0 Å². The van der Waals surface area contributed by atoms with Crippen molar-refractivity contribution >= 4 is 29.6 Å². The van der Waals surface area contributed by atoms with Crippen molar-refractivity contribution in [3.05, 3.63) is 28.0 Å². The van der Waals surface area contributed by atoms with Crippen LogP contribution in [0.2, 0.25) is 0 Å². The number of hydrogen-bond acceptors (Lipinski definition) is 4. The van der Waals surface area contributed by atoms with E-state index in [1.807, 2.05) is 0 Å². The fourth-order valence-corrected chi connectivity index (χ4v) is 1.72. The number of hydrogen-bond donors (Lipinski definition) is 2. The van der Waals surface area contributed by atoms with Crippen molar-refractivity contribution < 1.29 is 9.59 Å². The fourth-order valence-electron chi connectivity index (χ4n) is 0.875. The van der Waals surface area contributed by atoms with E-state index < -0.39 is 0 Å². The Hall–Kier alpha value is -1.46. The summed E-state index contributed by atoms with van der Waals surface area (Å²) in [4.78, 5) is 22.6. The summed E-state index contributed by atoms with van der Waals surface area (Å²) in [5.74, 6) is 4.68. The van der Waals surface area contributed by atoms with Crippen molar-refractivity contribution in [1.82, 2.24) is 5.43 Å². The van der Waals surface area contributed by atoms with Gasteiger partial charge in [0.2, 0.25) is 0 Å². The number of carbonyl (C=O) groups is 2. The molecule has 0 bridgehead atoms. The minimum Gasteiger partial charge on any atom is -0.303 e. The molecule has 3 N–H and O–H groups in total. The molecule has 4 nitrogen and oxygen atoms in total. The summed E-state index contributed by atoms with van der Waals surface area (Å²) in [6.45, 7) is 0. The highest BCUT2D eigenvalue weighted by atomic mass is 32.1. The summed E-state index contributed by atoms with van der Waals surface area (Å²) < 4.78 is 0. The van der Waals surface area contributed by atoms with Crippen LogP contribution >= 0.6 is 11.3 Å². The van der Waals surface area contributed by atoms with Crippen LogP contribution in [-0.4, -0.2) is 12.2 Å². The number of allylic oxidation sites excluding steroid dienone is 1. The molecule has 0 atom stereocenters. The van der Waals surface area contributed by atoms with Crippen molar-refractivity contribution in [2.24, 2.45) is 5.84 Å². The normalized spacial score (nSPS) is 10.4. The first-order valence-electron chi connectivity index (χ1n) is 3.99. The molecule has 1 aromatic rings. The van der Waals surface area contributed by atoms with Crippen LogP contribution in [0.4, 0.5) is 0 Å². The summed E-state index contributed by atoms with van der Waals surface area (Å²) in [7, 11) is 0. The molecule has 1 aromatic heterocycles. The molecule has 0 unspecified atom stereocenters. The number of rotatable bonds is 4. The van der Waals surface area contributed by atoms with Crippen LogP contribution in [0.25, 0.3) is 6.08 Å². The Bertz CT molecular complexity index is 357. The lowest BCUT2D eigenvalue weighted by atomic mass is 10.3. The largest absolute Gasteiger partial charge is 0.303 e. The minimum absolute atomic E-state index is 0.301. The predicted octanol–water partition coefficient (Wildman–Crippen LogP) is 0.954. The van der Waals surface area contributed by atoms with Crippen molar-refractivity contribution in [3.63, 3.8) is 0 Å². The van der Waals surface area contributed by atoms with Gasteiger partial charge >= 0.3 is 0 Å². The molecule has 14 heavy (non-hydrogen) atoms. The van der Waals surface area contributed by atoms with Crippen molar-refractivity contribution in [2.45, 2.75) is 6.42 Å². The SMILES string of the molecule is NNC(=O)c1ccc(C=CCC=O)s1. The second-order valence-corrected chi connectivity index (χ2v) is 3.60. The Morgan fingerprint density at radius 1 is 1.57 bits per heavy atom. The van der Waals surface area contributed by atoms with E-state index in [9.17, 15) is 9.59 Å². The third kappa shape index (κ3) is 2.79. The monoisotopic (exact) mass is 210 g/mol. The summed E-state index contributed by atoms with van der Waals surface area (Å²) in [5.41, 5.74) is 2.05. The molecule has 0 aromatic carbocycles. The van der Waals surface area contributed by atoms with Crippen molar-refractivity contribution in [2.75, 3.05) is 0 Å². The topological polar surface area (TPSA) is 72.2 Å². The molecule has 1 rings (SSSR count). The van der Waals surface area contributed by atoms with Gasteiger partial charge in [-0.3, -0.25) is 10.2 Å². The Morgan fingerprint density at radius 2 is 2.36 bits per heavy atom. The summed E-state index contributed by atoms with van der Waals surface area (Å²) in [5, 5.41) is 0. The Balaban J connectivity index is 2.68. The molecular formula is C9H10N2O2S. The molecule has 0 aliphatic carbocycles. The molecule has 0 aliphatic heterocycles. The number of hydrazine groups is 1. The molecule has 74 valence electrons. The Morgan fingerprint density at radius 3 is 3.00 bits per heavy atom. The van der Waals surface area contributed by atoms with E-state index in [2.05, 4.69) is 5.43 Å². The fraction of sp³-hybridized carbons (Fsp3) is 0.111. The van der Waals surface area contributed by atoms with E-state index in [-0.39, 0.29) is 5.91 Å². The van der Waals surface area contributed by atoms with Gasteiger partial charge in [0, 0.05) is 11.3 Å². The molecule has 0 saturated heterocycles. The second kappa shape index (κ2) is 5.31. The molecule has 0 saturated carbocycles. The maximum Gasteiger partial charge on any atom is 0.275 e. The van der Waals surface area contributed by atoms with Crippen LogP contribution in [0.3, 0.4) is 0 Å². The number of carbonyl (C=O) groups excluding carboxylic acids is 2. The van der Waals surface area contributed by atoms with Gasteiger partial charge in [0.15, 0.2) is 0 Å². The van der Waals surface area contributed by atoms with E-state index in [1.54, 1.807) is 24.3 Å². The van der Waals surface area contributed by atoms with Gasteiger partial charge in [-0.25, -0.2) is 5.84 Å². The molecule has 1 amide bonds. The van der Waals surface area contributed by atoms with E-state index in [0.29, 0.717) is 11.3 Å². The summed E-state index contributed by atoms with van der Waals surface area (Å²) in [6.07, 6.45) is 4.74. The molecule has 0 aliphatic rings. The minimum atomic E-state index is -0.301. The average Bonchev–Trinajstić information content (AvgIpc) is 2.66. The highest BCUT2D eigenvalue weighted by molar-refractivity contribution is 7.14. The molecule has 0 spiro atoms. The van der Waals surface area contributed by atoms with Gasteiger partial charge in [-0.05, 0) is 18.2 Å². The second-order valence-electron chi connectivity index (χ2n) is 2.48. The van der Waals surface area contributed by atoms with Gasteiger partial charge in [0.25, 0.3) is 5.91 Å². The highest BCUT2D eigenvalue weighted by Gasteiger charge is 2.05. The number of nitrogens with two attached hydrogens (primary N) is 1. The zero-order chi connectivity index (χ0) is 10.4. The third-order valence-electron chi connectivity index (χ3n) is 1.50. The van der Waals surface area contributed by atoms with Crippen LogP contribution in [0, 0.1) is 0 Å². The van der Waals surface area contributed by atoms with Gasteiger partial charge in [-0.15, -0.1) is 11.3 Å². The number of nitrogens with one attached hydrogen (secondary N) is 1. The van der Waals surface area contributed by atoms with Crippen LogP contribution in [0.15, 0.2) is 18.2 Å². The molecule has 0 radical (unpaired) electrons. The molecule has 0 fully saturated rings. The number of nitrogen functional groups attached to an aromatic ring is 1. The quantitative estimate of drug-likeness (QED) is 0.336. The first-order chi connectivity index (χ1) is 6.77. The molecule has 5 heteroatoms. The molecule has 1 heterocycles. The highest BCUT2D eigenvalue weighted by Crippen LogP contribution is 2.17. The molecular weight excluding hydrogens is 200 g/mol. The van der Waals surface area contributed by atoms with E-state index in [0.717, 1.165) is 11.2 Å². The number of aldehydes is 1. The van der Waals surface area contributed by atoms with E-state index in [1.165, 1.54) is 11.3 Å². The van der Waals surface area contributed by atoms with Crippen molar-refractivity contribution in [3.8, 4) is 0 Å². The smallest absolute Gasteiger partial charge is 0.275 e. The average molecular weight is 210 g/mol. The number of amides is 1. The summed E-state index contributed by atoms with van der Waals surface area (Å²) in [6, 6.07) is 3.49. The maximum absolute atomic E-state index is 11.1. The summed E-state index contributed by atoms with van der Waals surface area (Å²) >= 11 is 1.32. The lowest BCUT2D eigenvalue weighted by Crippen LogP contribution is -2.29. The Kier molecular flexibility index (Phi) is 4.03. The third-order valence-corrected chi connectivity index (χ3v) is 2.55. The first kappa shape index (κ1) is 10.6. The van der Waals surface area contributed by atoms with Gasteiger partial charge in [0.1, 0.15) is 6.29 Å². The van der Waals surface area contributed by atoms with Gasteiger partial charge < -0.3 is 4.79 Å². The standard InChI is InChI=1S/C9H10N2O2S/c10-11-9(13)8-5-4-7(14-8)3-1-2-6-12/h1,3-6H,2,10H2,(H,11,13). The van der Waals surface area contributed by atoms with Crippen molar-refractivity contribution in [1.29, 1.82) is 0 Å². The Labute approximate surface area is 85.4 Å². The lowest BCUT2D eigenvalue weighted by Gasteiger charge is -1.91. The number of thiophene rings is 1.